The SMILES string of the molecule is CCS(=O)(=O)OCC1CS(=O)(=O)OC1(C)C1COC(=O)O1. The summed E-state index contributed by atoms with van der Waals surface area (Å²) in [5, 5.41) is 0. The molecule has 0 saturated carbocycles. The number of carbonyl (C=O) groups is 1. The number of carbonyl (C=O) groups excluding carboxylic acids is 1. The molecule has 2 rings (SSSR count). The molecule has 0 aromatic rings. The molecule has 0 amide bonds. The quantitative estimate of drug-likeness (QED) is 0.485. The van der Waals surface area contributed by atoms with E-state index in [1.807, 2.05) is 0 Å². The van der Waals surface area contributed by atoms with Crippen LogP contribution in [0.5, 0.6) is 0 Å². The third-order valence-electron chi connectivity index (χ3n) is 3.56. The lowest BCUT2D eigenvalue weighted by atomic mass is 9.86. The Morgan fingerprint density at radius 2 is 2.10 bits per heavy atom. The molecule has 3 atom stereocenters. The highest BCUT2D eigenvalue weighted by molar-refractivity contribution is 7.87. The summed E-state index contributed by atoms with van der Waals surface area (Å²) < 4.78 is 65.4. The lowest BCUT2D eigenvalue weighted by Gasteiger charge is -2.31. The third-order valence-corrected chi connectivity index (χ3v) is 6.18. The molecule has 0 spiro atoms. The maximum absolute atomic E-state index is 11.7. The maximum atomic E-state index is 11.7. The van der Waals surface area contributed by atoms with E-state index in [1.54, 1.807) is 0 Å². The second kappa shape index (κ2) is 5.38. The first-order chi connectivity index (χ1) is 9.58. The minimum Gasteiger partial charge on any atom is -0.430 e. The number of cyclic esters (lactones) is 2. The lowest BCUT2D eigenvalue weighted by molar-refractivity contribution is -0.0495. The van der Waals surface area contributed by atoms with Gasteiger partial charge in [0.05, 0.1) is 18.1 Å². The van der Waals surface area contributed by atoms with E-state index in [0.29, 0.717) is 0 Å². The third kappa shape index (κ3) is 3.47. The summed E-state index contributed by atoms with van der Waals surface area (Å²) in [6.07, 6.45) is -1.87. The predicted octanol–water partition coefficient (Wildman–Crippen LogP) is -0.377. The van der Waals surface area contributed by atoms with Gasteiger partial charge in [0.1, 0.15) is 12.2 Å². The van der Waals surface area contributed by atoms with Crippen molar-refractivity contribution in [3.63, 3.8) is 0 Å². The van der Waals surface area contributed by atoms with Gasteiger partial charge in [0.2, 0.25) is 0 Å². The molecule has 2 fully saturated rings. The van der Waals surface area contributed by atoms with Crippen LogP contribution in [-0.2, 0) is 38.1 Å². The number of rotatable bonds is 5. The van der Waals surface area contributed by atoms with Crippen molar-refractivity contribution in [3.8, 4) is 0 Å². The van der Waals surface area contributed by atoms with Gasteiger partial charge in [-0.05, 0) is 13.8 Å². The largest absolute Gasteiger partial charge is 0.508 e. The highest BCUT2D eigenvalue weighted by atomic mass is 32.2. The van der Waals surface area contributed by atoms with Gasteiger partial charge in [-0.2, -0.15) is 16.8 Å². The normalized spacial score (nSPS) is 35.4. The van der Waals surface area contributed by atoms with Crippen molar-refractivity contribution in [1.82, 2.24) is 0 Å². The van der Waals surface area contributed by atoms with E-state index >= 15 is 0 Å². The smallest absolute Gasteiger partial charge is 0.430 e. The van der Waals surface area contributed by atoms with Gasteiger partial charge < -0.3 is 9.47 Å². The van der Waals surface area contributed by atoms with E-state index in [9.17, 15) is 21.6 Å². The first kappa shape index (κ1) is 16.5. The van der Waals surface area contributed by atoms with E-state index < -0.39 is 49.8 Å². The van der Waals surface area contributed by atoms with Crippen molar-refractivity contribution in [2.24, 2.45) is 5.92 Å². The summed E-state index contributed by atoms with van der Waals surface area (Å²) in [5.74, 6) is -1.45. The van der Waals surface area contributed by atoms with Crippen LogP contribution in [0.4, 0.5) is 4.79 Å². The van der Waals surface area contributed by atoms with E-state index in [2.05, 4.69) is 4.74 Å². The van der Waals surface area contributed by atoms with Crippen LogP contribution in [0, 0.1) is 5.92 Å². The number of ether oxygens (including phenoxy) is 2. The Labute approximate surface area is 122 Å². The van der Waals surface area contributed by atoms with Gasteiger partial charge in [-0.25, -0.2) is 4.79 Å². The summed E-state index contributed by atoms with van der Waals surface area (Å²) in [6, 6.07) is 0. The van der Waals surface area contributed by atoms with Crippen LogP contribution in [-0.4, -0.2) is 59.4 Å². The fourth-order valence-electron chi connectivity index (χ4n) is 2.20. The van der Waals surface area contributed by atoms with Crippen molar-refractivity contribution in [3.05, 3.63) is 0 Å². The van der Waals surface area contributed by atoms with Crippen LogP contribution < -0.4 is 0 Å². The first-order valence-corrected chi connectivity index (χ1v) is 9.37. The van der Waals surface area contributed by atoms with Gasteiger partial charge >= 0.3 is 6.16 Å². The Hall–Kier alpha value is -0.910. The summed E-state index contributed by atoms with van der Waals surface area (Å²) in [4.78, 5) is 11.0. The summed E-state index contributed by atoms with van der Waals surface area (Å²) in [5.41, 5.74) is -1.42. The molecular formula is C10H16O9S2. The minimum absolute atomic E-state index is 0.165. The Kier molecular flexibility index (Phi) is 4.21. The van der Waals surface area contributed by atoms with Crippen molar-refractivity contribution in [1.29, 1.82) is 0 Å². The maximum Gasteiger partial charge on any atom is 0.508 e. The summed E-state index contributed by atoms with van der Waals surface area (Å²) >= 11 is 0. The van der Waals surface area contributed by atoms with E-state index in [0.717, 1.165) is 0 Å². The molecule has 0 bridgehead atoms. The molecule has 0 N–H and O–H groups in total. The van der Waals surface area contributed by atoms with Crippen LogP contribution >= 0.6 is 0 Å². The average molecular weight is 344 g/mol. The molecule has 0 radical (unpaired) electrons. The van der Waals surface area contributed by atoms with Gasteiger partial charge in [-0.3, -0.25) is 8.37 Å². The standard InChI is InChI=1S/C10H16O9S2/c1-3-20(12,13)17-4-7-6-21(14,15)19-10(7,2)8-5-16-9(11)18-8/h7-8H,3-6H2,1-2H3. The van der Waals surface area contributed by atoms with Crippen LogP contribution in [0.3, 0.4) is 0 Å². The van der Waals surface area contributed by atoms with Crippen molar-refractivity contribution < 1.29 is 39.5 Å². The van der Waals surface area contributed by atoms with E-state index in [1.165, 1.54) is 13.8 Å². The monoisotopic (exact) mass is 344 g/mol. The number of hydrogen-bond donors (Lipinski definition) is 0. The fourth-order valence-corrected chi connectivity index (χ4v) is 4.51. The molecule has 0 aromatic heterocycles. The molecule has 9 nitrogen and oxygen atoms in total. The van der Waals surface area contributed by atoms with Gasteiger partial charge in [-0.1, -0.05) is 0 Å². The molecule has 122 valence electrons. The van der Waals surface area contributed by atoms with Gasteiger partial charge in [0, 0.05) is 5.92 Å². The Morgan fingerprint density at radius 3 is 2.62 bits per heavy atom. The molecule has 2 saturated heterocycles. The Balaban J connectivity index is 2.19. The highest BCUT2D eigenvalue weighted by Gasteiger charge is 2.57. The fraction of sp³-hybridized carbons (Fsp3) is 0.900. The van der Waals surface area contributed by atoms with Crippen molar-refractivity contribution >= 4 is 26.4 Å². The topological polar surface area (TPSA) is 122 Å². The second-order valence-corrected chi connectivity index (χ2v) is 8.53. The van der Waals surface area contributed by atoms with Gasteiger partial charge in [-0.15, -0.1) is 0 Å². The summed E-state index contributed by atoms with van der Waals surface area (Å²) in [7, 11) is -7.57. The van der Waals surface area contributed by atoms with E-state index in [4.69, 9.17) is 13.1 Å². The molecular weight excluding hydrogens is 328 g/mol. The van der Waals surface area contributed by atoms with Crippen LogP contribution in [0.15, 0.2) is 0 Å². The molecule has 2 aliphatic rings. The second-order valence-electron chi connectivity index (χ2n) is 4.99. The lowest BCUT2D eigenvalue weighted by Crippen LogP contribution is -2.48. The zero-order chi connectivity index (χ0) is 15.9. The van der Waals surface area contributed by atoms with Crippen molar-refractivity contribution in [2.45, 2.75) is 25.6 Å². The molecule has 2 aliphatic heterocycles. The molecule has 3 unspecified atom stereocenters. The zero-order valence-corrected chi connectivity index (χ0v) is 13.1. The average Bonchev–Trinajstić information content (AvgIpc) is 2.89. The molecule has 11 heteroatoms. The number of hydrogen-bond acceptors (Lipinski definition) is 9. The highest BCUT2D eigenvalue weighted by Crippen LogP contribution is 2.39. The van der Waals surface area contributed by atoms with Gasteiger partial charge in [0.15, 0.2) is 6.10 Å². The minimum atomic E-state index is -3.85. The molecule has 0 aliphatic carbocycles. The Morgan fingerprint density at radius 1 is 1.43 bits per heavy atom. The molecule has 2 heterocycles. The first-order valence-electron chi connectivity index (χ1n) is 6.22. The zero-order valence-electron chi connectivity index (χ0n) is 11.5. The van der Waals surface area contributed by atoms with Crippen LogP contribution in [0.1, 0.15) is 13.8 Å². The van der Waals surface area contributed by atoms with Gasteiger partial charge in [0.25, 0.3) is 20.2 Å². The summed E-state index contributed by atoms with van der Waals surface area (Å²) in [6.45, 7) is 2.29. The molecule has 21 heavy (non-hydrogen) atoms. The van der Waals surface area contributed by atoms with Crippen LogP contribution in [0.2, 0.25) is 0 Å². The predicted molar refractivity (Wildman–Crippen MR) is 68.4 cm³/mol. The van der Waals surface area contributed by atoms with E-state index in [-0.39, 0.29) is 19.0 Å². The Bertz CT molecular complexity index is 623. The van der Waals surface area contributed by atoms with Crippen LogP contribution in [0.25, 0.3) is 0 Å². The molecule has 0 aromatic carbocycles. The van der Waals surface area contributed by atoms with Crippen molar-refractivity contribution in [2.75, 3.05) is 24.7 Å².